The number of rotatable bonds is 3. The van der Waals surface area contributed by atoms with Gasteiger partial charge in [0.05, 0.1) is 11.0 Å². The van der Waals surface area contributed by atoms with E-state index in [1.165, 1.54) is 17.5 Å². The fourth-order valence-corrected chi connectivity index (χ4v) is 3.62. The van der Waals surface area contributed by atoms with E-state index in [9.17, 15) is 0 Å². The van der Waals surface area contributed by atoms with Gasteiger partial charge in [0.15, 0.2) is 0 Å². The molecule has 0 aromatic heterocycles. The molecule has 3 heteroatoms. The molecule has 0 aliphatic carbocycles. The Morgan fingerprint density at radius 1 is 1.26 bits per heavy atom. The first-order valence-electron chi connectivity index (χ1n) is 7.08. The average molecular weight is 276 g/mol. The van der Waals surface area contributed by atoms with Crippen LogP contribution in [0.2, 0.25) is 0 Å². The van der Waals surface area contributed by atoms with Crippen molar-refractivity contribution in [1.82, 2.24) is 4.90 Å². The van der Waals surface area contributed by atoms with E-state index in [1.54, 1.807) is 0 Å². The Morgan fingerprint density at radius 3 is 2.37 bits per heavy atom. The van der Waals surface area contributed by atoms with E-state index in [0.717, 1.165) is 13.1 Å². The Kier molecular flexibility index (Phi) is 4.58. The highest BCUT2D eigenvalue weighted by Crippen LogP contribution is 2.31. The number of benzene rings is 1. The number of likely N-dealkylation sites (tertiary alicyclic amines) is 1. The number of nitrogens with two attached hydrogens (primary N) is 1. The second kappa shape index (κ2) is 6.02. The molecule has 19 heavy (non-hydrogen) atoms. The van der Waals surface area contributed by atoms with Crippen LogP contribution < -0.4 is 5.73 Å². The van der Waals surface area contributed by atoms with Crippen molar-refractivity contribution in [1.29, 1.82) is 0 Å². The zero-order chi connectivity index (χ0) is 14.0. The molecular weight excluding hydrogens is 252 g/mol. The lowest BCUT2D eigenvalue weighted by atomic mass is 9.89. The van der Waals surface area contributed by atoms with Crippen LogP contribution in [0.25, 0.3) is 0 Å². The Morgan fingerprint density at radius 2 is 1.84 bits per heavy atom. The molecule has 0 amide bonds. The van der Waals surface area contributed by atoms with Gasteiger partial charge in [-0.05, 0) is 36.3 Å². The van der Waals surface area contributed by atoms with Crippen molar-refractivity contribution in [3.05, 3.63) is 35.4 Å². The fraction of sp³-hybridized carbons (Fsp3) is 0.562. The summed E-state index contributed by atoms with van der Waals surface area (Å²) in [7, 11) is 0. The molecule has 2 nitrogen and oxygen atoms in total. The lowest BCUT2D eigenvalue weighted by Gasteiger charge is -2.40. The van der Waals surface area contributed by atoms with Crippen molar-refractivity contribution in [3.8, 4) is 0 Å². The molecule has 2 rings (SSSR count). The highest BCUT2D eigenvalue weighted by molar-refractivity contribution is 7.80. The quantitative estimate of drug-likeness (QED) is 0.859. The summed E-state index contributed by atoms with van der Waals surface area (Å²) in [4.78, 5) is 3.05. The number of piperidine rings is 1. The standard InChI is InChI=1S/C16H24N2S/c1-11-8-12(2)10-18(9-11)15(16(17)19)14-7-5-4-6-13(14)3/h4-7,11-12,15H,8-10H2,1-3H3,(H2,17,19). The van der Waals surface area contributed by atoms with Gasteiger partial charge in [0.2, 0.25) is 0 Å². The van der Waals surface area contributed by atoms with Crippen molar-refractivity contribution in [3.63, 3.8) is 0 Å². The van der Waals surface area contributed by atoms with Crippen LogP contribution in [-0.2, 0) is 0 Å². The van der Waals surface area contributed by atoms with Crippen LogP contribution in [0.5, 0.6) is 0 Å². The molecule has 1 heterocycles. The summed E-state index contributed by atoms with van der Waals surface area (Å²) in [5, 5.41) is 0. The Balaban J connectivity index is 2.31. The first-order valence-corrected chi connectivity index (χ1v) is 7.48. The minimum atomic E-state index is 0.0846. The second-order valence-corrected chi connectivity index (χ2v) is 6.53. The normalized spacial score (nSPS) is 26.1. The highest BCUT2D eigenvalue weighted by Gasteiger charge is 2.30. The number of thiocarbonyl (C=S) groups is 1. The second-order valence-electron chi connectivity index (χ2n) is 6.06. The molecule has 1 fully saturated rings. The molecule has 1 aliphatic rings. The molecule has 2 N–H and O–H groups in total. The van der Waals surface area contributed by atoms with Gasteiger partial charge in [-0.15, -0.1) is 0 Å². The van der Waals surface area contributed by atoms with Crippen LogP contribution in [0.15, 0.2) is 24.3 Å². The van der Waals surface area contributed by atoms with Crippen molar-refractivity contribution < 1.29 is 0 Å². The summed E-state index contributed by atoms with van der Waals surface area (Å²) in [5.41, 5.74) is 8.58. The summed E-state index contributed by atoms with van der Waals surface area (Å²) in [5.74, 6) is 1.43. The molecule has 0 bridgehead atoms. The van der Waals surface area contributed by atoms with E-state index in [2.05, 4.69) is 49.9 Å². The SMILES string of the molecule is Cc1ccccc1C(C(N)=S)N1CC(C)CC(C)C1. The van der Waals surface area contributed by atoms with E-state index in [4.69, 9.17) is 18.0 Å². The predicted octanol–water partition coefficient (Wildman–Crippen LogP) is 3.30. The molecule has 0 spiro atoms. The maximum atomic E-state index is 6.05. The van der Waals surface area contributed by atoms with Gasteiger partial charge < -0.3 is 5.73 Å². The largest absolute Gasteiger partial charge is 0.392 e. The lowest BCUT2D eigenvalue weighted by Crippen LogP contribution is -2.45. The minimum absolute atomic E-state index is 0.0846. The molecule has 3 atom stereocenters. The van der Waals surface area contributed by atoms with Gasteiger partial charge in [0.25, 0.3) is 0 Å². The Bertz CT molecular complexity index is 448. The molecule has 0 saturated carbocycles. The van der Waals surface area contributed by atoms with Crippen LogP contribution in [0.3, 0.4) is 0 Å². The summed E-state index contributed by atoms with van der Waals surface area (Å²) < 4.78 is 0. The maximum absolute atomic E-state index is 6.05. The van der Waals surface area contributed by atoms with E-state index >= 15 is 0 Å². The van der Waals surface area contributed by atoms with Crippen LogP contribution in [-0.4, -0.2) is 23.0 Å². The van der Waals surface area contributed by atoms with E-state index in [0.29, 0.717) is 16.8 Å². The smallest absolute Gasteiger partial charge is 0.0948 e. The van der Waals surface area contributed by atoms with Crippen molar-refractivity contribution >= 4 is 17.2 Å². The molecule has 3 unspecified atom stereocenters. The maximum Gasteiger partial charge on any atom is 0.0948 e. The summed E-state index contributed by atoms with van der Waals surface area (Å²) in [6, 6.07) is 8.52. The number of hydrogen-bond donors (Lipinski definition) is 1. The minimum Gasteiger partial charge on any atom is -0.392 e. The van der Waals surface area contributed by atoms with Gasteiger partial charge in [-0.25, -0.2) is 0 Å². The third-order valence-electron chi connectivity index (χ3n) is 4.01. The molecule has 1 saturated heterocycles. The Labute approximate surface area is 122 Å². The molecule has 1 aliphatic heterocycles. The van der Waals surface area contributed by atoms with Crippen molar-refractivity contribution in [2.24, 2.45) is 17.6 Å². The number of nitrogens with zero attached hydrogens (tertiary/aromatic N) is 1. The van der Waals surface area contributed by atoms with Crippen LogP contribution in [0.4, 0.5) is 0 Å². The topological polar surface area (TPSA) is 29.3 Å². The van der Waals surface area contributed by atoms with E-state index in [-0.39, 0.29) is 6.04 Å². The molecular formula is C16H24N2S. The zero-order valence-corrected chi connectivity index (χ0v) is 12.9. The summed E-state index contributed by atoms with van der Waals surface area (Å²) >= 11 is 5.35. The summed E-state index contributed by atoms with van der Waals surface area (Å²) in [6.45, 7) is 8.94. The van der Waals surface area contributed by atoms with Gasteiger partial charge in [-0.3, -0.25) is 4.90 Å². The fourth-order valence-electron chi connectivity index (χ4n) is 3.35. The van der Waals surface area contributed by atoms with Crippen LogP contribution in [0, 0.1) is 18.8 Å². The third-order valence-corrected chi connectivity index (χ3v) is 4.24. The lowest BCUT2D eigenvalue weighted by molar-refractivity contribution is 0.122. The van der Waals surface area contributed by atoms with Crippen LogP contribution >= 0.6 is 12.2 Å². The molecule has 1 aromatic rings. The van der Waals surface area contributed by atoms with Crippen molar-refractivity contribution in [2.45, 2.75) is 33.2 Å². The van der Waals surface area contributed by atoms with Gasteiger partial charge in [0.1, 0.15) is 0 Å². The van der Waals surface area contributed by atoms with Gasteiger partial charge in [-0.2, -0.15) is 0 Å². The Hall–Kier alpha value is -0.930. The molecule has 1 aromatic carbocycles. The monoisotopic (exact) mass is 276 g/mol. The first-order chi connectivity index (χ1) is 8.99. The third kappa shape index (κ3) is 3.34. The molecule has 0 radical (unpaired) electrons. The van der Waals surface area contributed by atoms with Gasteiger partial charge >= 0.3 is 0 Å². The van der Waals surface area contributed by atoms with E-state index in [1.807, 2.05) is 0 Å². The van der Waals surface area contributed by atoms with Crippen LogP contribution in [0.1, 0.15) is 37.4 Å². The number of hydrogen-bond acceptors (Lipinski definition) is 2. The van der Waals surface area contributed by atoms with E-state index < -0.39 is 0 Å². The highest BCUT2D eigenvalue weighted by atomic mass is 32.1. The summed E-state index contributed by atoms with van der Waals surface area (Å²) in [6.07, 6.45) is 1.30. The number of aryl methyl sites for hydroxylation is 1. The van der Waals surface area contributed by atoms with Gasteiger partial charge in [0, 0.05) is 13.1 Å². The predicted molar refractivity (Wildman–Crippen MR) is 85.2 cm³/mol. The van der Waals surface area contributed by atoms with Crippen molar-refractivity contribution in [2.75, 3.05) is 13.1 Å². The average Bonchev–Trinajstić information content (AvgIpc) is 2.30. The molecule has 104 valence electrons. The zero-order valence-electron chi connectivity index (χ0n) is 12.1. The first kappa shape index (κ1) is 14.5. The van der Waals surface area contributed by atoms with Gasteiger partial charge in [-0.1, -0.05) is 50.3 Å².